The topological polar surface area (TPSA) is 662 Å². The summed E-state index contributed by atoms with van der Waals surface area (Å²) in [5.74, 6) is -14.6. The van der Waals surface area contributed by atoms with E-state index in [1.807, 2.05) is 50.2 Å². The van der Waals surface area contributed by atoms with Gasteiger partial charge in [0.1, 0.15) is 41.9 Å². The van der Waals surface area contributed by atoms with Crippen LogP contribution in [0.15, 0.2) is 78.9 Å². The Kier molecular flexibility index (Phi) is 63.9. The fourth-order valence-corrected chi connectivity index (χ4v) is 17.0. The average molecular weight is 2060 g/mol. The second-order valence-electron chi connectivity index (χ2n) is 38.5. The van der Waals surface area contributed by atoms with Gasteiger partial charge in [0.2, 0.25) is 53.2 Å². The molecule has 146 heavy (non-hydrogen) atoms. The third-order valence-electron chi connectivity index (χ3n) is 25.8. The van der Waals surface area contributed by atoms with Crippen LogP contribution in [0.4, 0.5) is 0 Å². The molecule has 2 aliphatic heterocycles. The predicted octanol–water partition coefficient (Wildman–Crippen LogP) is 3.68. The lowest BCUT2D eigenvalue weighted by Crippen LogP contribution is -2.57. The number of carbonyl (C=O) groups excluding carboxylic acids is 16. The van der Waals surface area contributed by atoms with Crippen LogP contribution in [0.2, 0.25) is 0 Å². The normalized spacial score (nSPS) is 21.3. The molecule has 0 spiro atoms. The molecule has 2 aliphatic rings. The largest absolute Gasteiger partial charge is 0.484 e. The lowest BCUT2D eigenvalue weighted by molar-refractivity contribution is -0.293. The van der Waals surface area contributed by atoms with E-state index in [4.69, 9.17) is 47.6 Å². The van der Waals surface area contributed by atoms with Gasteiger partial charge in [0.05, 0.1) is 74.1 Å². The molecule has 0 aliphatic carbocycles. The first kappa shape index (κ1) is 128. The molecule has 40 heteroatoms. The van der Waals surface area contributed by atoms with E-state index in [9.17, 15) is 102 Å². The molecule has 2 fully saturated rings. The monoisotopic (exact) mass is 2050 g/mol. The lowest BCUT2D eigenvalue weighted by Gasteiger charge is -2.38. The molecular weight excluding hydrogens is 1880 g/mol. The number of ether oxygens (including phenoxy) is 4. The number of aliphatic hydroxyl groups is 5. The zero-order valence-electron chi connectivity index (χ0n) is 87.1. The van der Waals surface area contributed by atoms with Crippen molar-refractivity contribution in [2.75, 3.05) is 85.3 Å². The molecule has 2 heterocycles. The molecule has 40 nitrogen and oxygen atoms in total. The van der Waals surface area contributed by atoms with Crippen LogP contribution in [0.1, 0.15) is 270 Å². The average Bonchev–Trinajstić information content (AvgIpc) is 0.839. The maximum atomic E-state index is 14.8. The summed E-state index contributed by atoms with van der Waals surface area (Å²) in [6.45, 7) is 14.4. The van der Waals surface area contributed by atoms with E-state index in [1.54, 1.807) is 56.3 Å². The number of unbranched alkanes of at least 4 members (excludes halogenated alkanes) is 10. The predicted molar refractivity (Wildman–Crippen MR) is 551 cm³/mol. The number of rotatable bonds is 63. The van der Waals surface area contributed by atoms with E-state index in [-0.39, 0.29) is 172 Å². The van der Waals surface area contributed by atoms with Crippen molar-refractivity contribution in [2.24, 2.45) is 64.2 Å². The molecular formula is C106H171N15O25. The van der Waals surface area contributed by atoms with Crippen molar-refractivity contribution in [3.05, 3.63) is 90.0 Å². The molecule has 0 aromatic heterocycles. The van der Waals surface area contributed by atoms with Gasteiger partial charge in [-0.2, -0.15) is 0 Å². The second kappa shape index (κ2) is 72.9. The Hall–Kier alpha value is -10.3. The molecule has 3 aromatic carbocycles. The summed E-state index contributed by atoms with van der Waals surface area (Å²) in [6.07, 6.45) is 1.97. The van der Waals surface area contributed by atoms with E-state index in [0.29, 0.717) is 82.3 Å². The minimum Gasteiger partial charge on any atom is -0.484 e. The molecule has 0 saturated carbocycles. The summed E-state index contributed by atoms with van der Waals surface area (Å²) in [5.41, 5.74) is 33.2. The van der Waals surface area contributed by atoms with E-state index < -0.39 is 199 Å². The van der Waals surface area contributed by atoms with Crippen LogP contribution in [0, 0.1) is 35.5 Å². The molecule has 5 rings (SSSR count). The Labute approximate surface area is 860 Å². The lowest BCUT2D eigenvalue weighted by atomic mass is 9.88. The van der Waals surface area contributed by atoms with Crippen molar-refractivity contribution in [2.45, 2.75) is 340 Å². The van der Waals surface area contributed by atoms with Gasteiger partial charge in [-0.15, -0.1) is 0 Å². The Morgan fingerprint density at radius 2 is 1.07 bits per heavy atom. The third kappa shape index (κ3) is 49.7. The number of nitrogens with one attached hydrogen (secondary N) is 10. The summed E-state index contributed by atoms with van der Waals surface area (Å²) >= 11 is 0. The maximum Gasteiger partial charge on any atom is 0.258 e. The van der Waals surface area contributed by atoms with Crippen molar-refractivity contribution < 1.29 is 121 Å². The Morgan fingerprint density at radius 3 is 1.69 bits per heavy atom. The summed E-state index contributed by atoms with van der Waals surface area (Å²) < 4.78 is 21.8. The number of hydrogen-bond acceptors (Lipinski definition) is 30. The SMILES string of the molecule is CCCCCCC(=O)c1cccc(-c2ccc(OCC(=O)NCCOCCNC(=O)CCCOC3OC(C)C(O)C(O)C3O)cc2)c1.CCCCCCCC[C@H](CC(=O)CCCCCNC(=O)CC)C(=O)N[C@@H](CCN)C(=O)C[C@H](C(=O)N[C@@H](CCN)C(=O)C[C@H]1CCNC(=O)[C@H]([C@@H](C)O)CC(=O)[C@H](CCN)NC(=O)[C@H](CCN)NC(=O)[C@H](CC(C)C)NC(=O)[C@@H](Cc2ccccc2)CC(=O)[C@H](CCN)NC1=O)[C@@H](C)O. The van der Waals surface area contributed by atoms with Crippen LogP contribution in [0.25, 0.3) is 11.1 Å². The van der Waals surface area contributed by atoms with Crippen molar-refractivity contribution >= 4 is 93.8 Å². The van der Waals surface area contributed by atoms with E-state index in [2.05, 4.69) is 67.0 Å². The van der Waals surface area contributed by atoms with Gasteiger partial charge in [-0.05, 0) is 178 Å². The Morgan fingerprint density at radius 1 is 0.507 bits per heavy atom. The van der Waals surface area contributed by atoms with Crippen LogP contribution in [0.5, 0.6) is 5.75 Å². The number of nitrogens with two attached hydrogens (primary N) is 5. The third-order valence-corrected chi connectivity index (χ3v) is 25.8. The quantitative estimate of drug-likeness (QED) is 0.0283. The number of hydrogen-bond donors (Lipinski definition) is 20. The van der Waals surface area contributed by atoms with Gasteiger partial charge >= 0.3 is 0 Å². The number of Topliss-reactive ketones (excluding diaryl/α,β-unsaturated/α-hetero) is 6. The standard InChI is InChI=1S/C71H121N13O15.C35H50N2O10/c1-7-9-10-11-12-17-22-48(39-51(87)23-18-14-19-35-77-64(92)8-2)65(93)80-56(26-32-74)63(91)43-53(46(6)86)69(97)81-55(25-31-73)60(88)40-49-29-36-78-68(96)52(45(5)85)42-62(90)57(27-33-75)82-70(98)58(28-34-76)83-71(99)59(37-44(3)4)84-67(95)50(38-47-20-15-13-16-21-47)41-61(89)54(24-30-72)79-66(49)94;1-3-4-5-6-11-29(38)27-10-7-9-26(22-27)25-13-15-28(16-14-25)46-23-31(40)37-18-21-44-20-17-36-30(39)12-8-19-45-35-34(43)33(42)32(41)24(2)47-35/h13,15-16,20-21,44-46,48-50,52-59,85-86H,7-12,14,17-19,22-43,72-76H2,1-6H3,(H,77,92)(H,78,96)(H,79,94)(H,80,93)(H,81,97)(H,82,98)(H,83,99)(H,84,95);7,9-10,13-16,22,24,32-35,41-43H,3-6,8,11-12,17-21,23H2,1-2H3,(H,36,39)(H,37,40)/t45-,46-,48-,49-,50+,52+,53+,54+,55+,56+,57+,58+,59+;/m1./s1. The van der Waals surface area contributed by atoms with Crippen molar-refractivity contribution in [1.82, 2.24) is 53.2 Å². The van der Waals surface area contributed by atoms with E-state index >= 15 is 0 Å². The van der Waals surface area contributed by atoms with Crippen LogP contribution >= 0.6 is 0 Å². The second-order valence-corrected chi connectivity index (χ2v) is 38.5. The number of ketones is 6. The van der Waals surface area contributed by atoms with Crippen LogP contribution in [0.3, 0.4) is 0 Å². The highest BCUT2D eigenvalue weighted by Crippen LogP contribution is 2.29. The molecule has 5 unspecified atom stereocenters. The van der Waals surface area contributed by atoms with Crippen LogP contribution in [-0.4, -0.2) is 284 Å². The molecule has 2 saturated heterocycles. The highest BCUT2D eigenvalue weighted by atomic mass is 16.7. The summed E-state index contributed by atoms with van der Waals surface area (Å²) in [5, 5.41) is 78.7. The minimum atomic E-state index is -1.50. The molecule has 18 atom stereocenters. The molecule has 3 aromatic rings. The number of amides is 10. The molecule has 0 radical (unpaired) electrons. The molecule has 25 N–H and O–H groups in total. The summed E-state index contributed by atoms with van der Waals surface area (Å²) in [6, 6.07) is 15.9. The summed E-state index contributed by atoms with van der Waals surface area (Å²) in [4.78, 5) is 220. The first-order valence-corrected chi connectivity index (χ1v) is 52.6. The van der Waals surface area contributed by atoms with E-state index in [1.165, 1.54) is 13.8 Å². The molecule has 820 valence electrons. The van der Waals surface area contributed by atoms with Gasteiger partial charge in [0.15, 0.2) is 41.8 Å². The first-order chi connectivity index (χ1) is 69.9. The fraction of sp³-hybridized carbons (Fsp3) is 0.679. The van der Waals surface area contributed by atoms with Gasteiger partial charge in [-0.3, -0.25) is 76.7 Å². The fourth-order valence-electron chi connectivity index (χ4n) is 17.0. The Bertz CT molecular complexity index is 4460. The van der Waals surface area contributed by atoms with Crippen LogP contribution in [-0.2, 0) is 92.5 Å². The number of aliphatic hydroxyl groups excluding tert-OH is 5. The van der Waals surface area contributed by atoms with Crippen molar-refractivity contribution in [3.63, 3.8) is 0 Å². The highest BCUT2D eigenvalue weighted by molar-refractivity contribution is 6.00. The van der Waals surface area contributed by atoms with Crippen molar-refractivity contribution in [3.8, 4) is 16.9 Å². The summed E-state index contributed by atoms with van der Waals surface area (Å²) in [7, 11) is 0. The van der Waals surface area contributed by atoms with Gasteiger partial charge in [-0.1, -0.05) is 159 Å². The van der Waals surface area contributed by atoms with Gasteiger partial charge < -0.3 is 126 Å². The minimum absolute atomic E-state index is 0.00524. The highest BCUT2D eigenvalue weighted by Gasteiger charge is 2.44. The zero-order valence-corrected chi connectivity index (χ0v) is 87.1. The van der Waals surface area contributed by atoms with E-state index in [0.717, 1.165) is 74.5 Å². The van der Waals surface area contributed by atoms with Gasteiger partial charge in [-0.25, -0.2) is 0 Å². The number of carbonyl (C=O) groups is 16. The molecule has 10 amide bonds. The number of benzene rings is 3. The van der Waals surface area contributed by atoms with Gasteiger partial charge in [0.25, 0.3) is 5.91 Å². The maximum absolute atomic E-state index is 14.8. The van der Waals surface area contributed by atoms with Crippen molar-refractivity contribution in [1.29, 1.82) is 0 Å². The molecule has 0 bridgehead atoms. The van der Waals surface area contributed by atoms with Gasteiger partial charge in [0, 0.05) is 107 Å². The smallest absolute Gasteiger partial charge is 0.258 e. The van der Waals surface area contributed by atoms with Crippen LogP contribution < -0.4 is 86.6 Å². The Balaban J connectivity index is 0.000000782. The zero-order chi connectivity index (χ0) is 108. The first-order valence-electron chi connectivity index (χ1n) is 52.6.